The zero-order valence-corrected chi connectivity index (χ0v) is 11.5. The maximum absolute atomic E-state index is 6.12. The third-order valence-corrected chi connectivity index (χ3v) is 5.35. The third-order valence-electron chi connectivity index (χ3n) is 5.35. The highest BCUT2D eigenvalue weighted by atomic mass is 15.2. The molecule has 0 aromatic rings. The SMILES string of the molecule is NCC1(NCCC2=CCCC2)CCN2CCC1C2. The number of allylic oxidation sites excluding steroid dienone is 1. The van der Waals surface area contributed by atoms with Gasteiger partial charge in [0.15, 0.2) is 0 Å². The first-order valence-corrected chi connectivity index (χ1v) is 7.68. The molecule has 0 aromatic heterocycles. The molecule has 2 saturated heterocycles. The molecule has 3 N–H and O–H groups in total. The second kappa shape index (κ2) is 5.32. The van der Waals surface area contributed by atoms with Crippen LogP contribution in [0, 0.1) is 5.92 Å². The molecule has 0 saturated carbocycles. The molecule has 0 amide bonds. The molecular weight excluding hydrogens is 222 g/mol. The quantitative estimate of drug-likeness (QED) is 0.726. The highest BCUT2D eigenvalue weighted by Gasteiger charge is 2.44. The predicted molar refractivity (Wildman–Crippen MR) is 75.5 cm³/mol. The van der Waals surface area contributed by atoms with Crippen LogP contribution in [0.1, 0.15) is 38.5 Å². The van der Waals surface area contributed by atoms with Crippen molar-refractivity contribution in [3.63, 3.8) is 0 Å². The van der Waals surface area contributed by atoms with Gasteiger partial charge in [-0.05, 0) is 64.1 Å². The Morgan fingerprint density at radius 1 is 1.44 bits per heavy atom. The van der Waals surface area contributed by atoms with Crippen LogP contribution in [0.5, 0.6) is 0 Å². The molecule has 3 atom stereocenters. The van der Waals surface area contributed by atoms with Crippen molar-refractivity contribution < 1.29 is 0 Å². The van der Waals surface area contributed by atoms with Crippen LogP contribution in [0.3, 0.4) is 0 Å². The minimum atomic E-state index is 0.242. The van der Waals surface area contributed by atoms with Crippen molar-refractivity contribution in [2.75, 3.05) is 32.7 Å². The Labute approximate surface area is 111 Å². The second-order valence-corrected chi connectivity index (χ2v) is 6.33. The van der Waals surface area contributed by atoms with E-state index in [1.165, 1.54) is 58.2 Å². The molecule has 3 rings (SSSR count). The van der Waals surface area contributed by atoms with E-state index in [4.69, 9.17) is 5.73 Å². The van der Waals surface area contributed by atoms with Crippen LogP contribution in [0.15, 0.2) is 11.6 Å². The first kappa shape index (κ1) is 12.6. The van der Waals surface area contributed by atoms with Gasteiger partial charge in [0.2, 0.25) is 0 Å². The summed E-state index contributed by atoms with van der Waals surface area (Å²) in [4.78, 5) is 2.60. The first-order valence-electron chi connectivity index (χ1n) is 7.68. The van der Waals surface area contributed by atoms with Crippen molar-refractivity contribution in [1.82, 2.24) is 10.2 Å². The summed E-state index contributed by atoms with van der Waals surface area (Å²) >= 11 is 0. The number of nitrogens with one attached hydrogen (secondary N) is 1. The van der Waals surface area contributed by atoms with E-state index in [9.17, 15) is 0 Å². The maximum atomic E-state index is 6.12. The van der Waals surface area contributed by atoms with Gasteiger partial charge in [-0.1, -0.05) is 11.6 Å². The Bertz CT molecular complexity index is 326. The van der Waals surface area contributed by atoms with E-state index in [0.29, 0.717) is 0 Å². The molecule has 2 fully saturated rings. The normalized spacial score (nSPS) is 39.1. The lowest BCUT2D eigenvalue weighted by Gasteiger charge is -2.43. The standard InChI is InChI=1S/C15H27N3/c16-12-15(7-10-18-9-6-14(15)11-18)17-8-5-13-3-1-2-4-13/h3,14,17H,1-2,4-12,16H2. The summed E-state index contributed by atoms with van der Waals surface area (Å²) in [5.74, 6) is 0.786. The Morgan fingerprint density at radius 2 is 2.39 bits per heavy atom. The molecule has 3 nitrogen and oxygen atoms in total. The lowest BCUT2D eigenvalue weighted by Crippen LogP contribution is -2.60. The lowest BCUT2D eigenvalue weighted by molar-refractivity contribution is 0.137. The highest BCUT2D eigenvalue weighted by molar-refractivity contribution is 5.09. The smallest absolute Gasteiger partial charge is 0.0357 e. The summed E-state index contributed by atoms with van der Waals surface area (Å²) in [7, 11) is 0. The van der Waals surface area contributed by atoms with Crippen LogP contribution >= 0.6 is 0 Å². The van der Waals surface area contributed by atoms with Crippen molar-refractivity contribution in [2.45, 2.75) is 44.1 Å². The van der Waals surface area contributed by atoms with Crippen LogP contribution in [-0.4, -0.2) is 43.2 Å². The molecule has 18 heavy (non-hydrogen) atoms. The van der Waals surface area contributed by atoms with Crippen LogP contribution in [0.25, 0.3) is 0 Å². The van der Waals surface area contributed by atoms with Crippen LogP contribution in [0.2, 0.25) is 0 Å². The highest BCUT2D eigenvalue weighted by Crippen LogP contribution is 2.35. The van der Waals surface area contributed by atoms with Crippen molar-refractivity contribution in [1.29, 1.82) is 0 Å². The van der Waals surface area contributed by atoms with E-state index in [0.717, 1.165) is 19.0 Å². The molecular formula is C15H27N3. The molecule has 3 aliphatic rings. The largest absolute Gasteiger partial charge is 0.329 e. The fourth-order valence-corrected chi connectivity index (χ4v) is 4.06. The summed E-state index contributed by atoms with van der Waals surface area (Å²) in [5, 5.41) is 3.85. The maximum Gasteiger partial charge on any atom is 0.0357 e. The van der Waals surface area contributed by atoms with Gasteiger partial charge in [0.1, 0.15) is 0 Å². The van der Waals surface area contributed by atoms with Crippen LogP contribution in [-0.2, 0) is 0 Å². The fraction of sp³-hybridized carbons (Fsp3) is 0.867. The predicted octanol–water partition coefficient (Wildman–Crippen LogP) is 1.50. The van der Waals surface area contributed by atoms with Gasteiger partial charge in [0.05, 0.1) is 0 Å². The van der Waals surface area contributed by atoms with Crippen LogP contribution < -0.4 is 11.1 Å². The number of piperidine rings is 1. The molecule has 2 bridgehead atoms. The zero-order chi connectivity index (χ0) is 12.4. The number of nitrogens with two attached hydrogens (primary N) is 1. The molecule has 3 unspecified atom stereocenters. The second-order valence-electron chi connectivity index (χ2n) is 6.33. The van der Waals surface area contributed by atoms with E-state index in [1.807, 2.05) is 0 Å². The molecule has 3 heteroatoms. The van der Waals surface area contributed by atoms with E-state index >= 15 is 0 Å². The van der Waals surface area contributed by atoms with E-state index in [1.54, 1.807) is 5.57 Å². The molecule has 0 spiro atoms. The molecule has 1 aliphatic carbocycles. The van der Waals surface area contributed by atoms with E-state index in [-0.39, 0.29) is 5.54 Å². The van der Waals surface area contributed by atoms with Gasteiger partial charge in [0, 0.05) is 18.6 Å². The van der Waals surface area contributed by atoms with Gasteiger partial charge < -0.3 is 16.0 Å². The monoisotopic (exact) mass is 249 g/mol. The Balaban J connectivity index is 1.54. The summed E-state index contributed by atoms with van der Waals surface area (Å²) in [6.07, 6.45) is 10.3. The zero-order valence-electron chi connectivity index (χ0n) is 11.5. The number of hydrogen-bond donors (Lipinski definition) is 2. The topological polar surface area (TPSA) is 41.3 Å². The summed E-state index contributed by atoms with van der Waals surface area (Å²) < 4.78 is 0. The van der Waals surface area contributed by atoms with Gasteiger partial charge in [-0.15, -0.1) is 0 Å². The summed E-state index contributed by atoms with van der Waals surface area (Å²) in [5.41, 5.74) is 8.03. The minimum absolute atomic E-state index is 0.242. The van der Waals surface area contributed by atoms with Crippen molar-refractivity contribution in [3.05, 3.63) is 11.6 Å². The number of nitrogens with zero attached hydrogens (tertiary/aromatic N) is 1. The van der Waals surface area contributed by atoms with Crippen molar-refractivity contribution in [3.8, 4) is 0 Å². The Morgan fingerprint density at radius 3 is 3.17 bits per heavy atom. The first-order chi connectivity index (χ1) is 8.82. The van der Waals surface area contributed by atoms with Gasteiger partial charge in [0.25, 0.3) is 0 Å². The molecule has 2 heterocycles. The van der Waals surface area contributed by atoms with Crippen LogP contribution in [0.4, 0.5) is 0 Å². The molecule has 0 radical (unpaired) electrons. The van der Waals surface area contributed by atoms with Gasteiger partial charge in [-0.25, -0.2) is 0 Å². The molecule has 2 aliphatic heterocycles. The Kier molecular flexibility index (Phi) is 3.73. The lowest BCUT2D eigenvalue weighted by atomic mass is 9.78. The Hall–Kier alpha value is -0.380. The van der Waals surface area contributed by atoms with E-state index in [2.05, 4.69) is 16.3 Å². The summed E-state index contributed by atoms with van der Waals surface area (Å²) in [6.45, 7) is 5.74. The van der Waals surface area contributed by atoms with Crippen molar-refractivity contribution >= 4 is 0 Å². The fourth-order valence-electron chi connectivity index (χ4n) is 4.06. The average molecular weight is 249 g/mol. The van der Waals surface area contributed by atoms with Gasteiger partial charge in [-0.3, -0.25) is 0 Å². The van der Waals surface area contributed by atoms with Crippen molar-refractivity contribution in [2.24, 2.45) is 11.7 Å². The molecule has 102 valence electrons. The van der Waals surface area contributed by atoms with E-state index < -0.39 is 0 Å². The minimum Gasteiger partial charge on any atom is -0.329 e. The number of hydrogen-bond acceptors (Lipinski definition) is 3. The van der Waals surface area contributed by atoms with Gasteiger partial charge in [-0.2, -0.15) is 0 Å². The number of rotatable bonds is 5. The third kappa shape index (κ3) is 2.36. The summed E-state index contributed by atoms with van der Waals surface area (Å²) in [6, 6.07) is 0. The average Bonchev–Trinajstić information content (AvgIpc) is 3.03. The van der Waals surface area contributed by atoms with Gasteiger partial charge >= 0.3 is 0 Å². The molecule has 0 aromatic carbocycles. The number of fused-ring (bicyclic) bond motifs is 2.